The molecule has 34 heavy (non-hydrogen) atoms. The smallest absolute Gasteiger partial charge is 0.412 e. The van der Waals surface area contributed by atoms with Crippen LogP contribution in [0.3, 0.4) is 0 Å². The number of nitrogens with zero attached hydrogens (tertiary/aromatic N) is 3. The molecule has 2 aromatic carbocycles. The van der Waals surface area contributed by atoms with Crippen molar-refractivity contribution in [1.82, 2.24) is 14.7 Å². The highest BCUT2D eigenvalue weighted by Gasteiger charge is 2.20. The number of halogens is 1. The van der Waals surface area contributed by atoms with Crippen LogP contribution in [0, 0.1) is 6.92 Å². The first-order valence-corrected chi connectivity index (χ1v) is 10.7. The van der Waals surface area contributed by atoms with E-state index in [-0.39, 0.29) is 5.69 Å². The van der Waals surface area contributed by atoms with Crippen molar-refractivity contribution in [3.8, 4) is 11.3 Å². The van der Waals surface area contributed by atoms with Crippen molar-refractivity contribution in [3.05, 3.63) is 88.7 Å². The molecule has 4 rings (SSSR count). The molecule has 10 heteroatoms. The molecule has 4 aromatic rings. The first-order chi connectivity index (χ1) is 16.3. The molecule has 9 nitrogen and oxygen atoms in total. The Kier molecular flexibility index (Phi) is 6.65. The number of hydrogen-bond donors (Lipinski definition) is 2. The van der Waals surface area contributed by atoms with E-state index in [1.165, 1.54) is 12.5 Å². The lowest BCUT2D eigenvalue weighted by molar-refractivity contribution is 0.0685. The number of carbonyl (C=O) groups is 2. The molecule has 0 aliphatic heterocycles. The van der Waals surface area contributed by atoms with Gasteiger partial charge in [-0.2, -0.15) is 0 Å². The third-order valence-electron chi connectivity index (χ3n) is 5.23. The Hall–Kier alpha value is -4.11. The predicted octanol–water partition coefficient (Wildman–Crippen LogP) is 5.56. The number of carboxylic acids is 1. The molecule has 1 unspecified atom stereocenters. The van der Waals surface area contributed by atoms with Crippen molar-refractivity contribution >= 4 is 29.4 Å². The van der Waals surface area contributed by atoms with Crippen molar-refractivity contribution in [2.45, 2.75) is 26.5 Å². The highest BCUT2D eigenvalue weighted by molar-refractivity contribution is 6.31. The lowest BCUT2D eigenvalue weighted by Gasteiger charge is -2.15. The van der Waals surface area contributed by atoms with Crippen LogP contribution >= 0.6 is 11.6 Å². The van der Waals surface area contributed by atoms with Crippen LogP contribution in [-0.4, -0.2) is 31.9 Å². The number of nitrogens with one attached hydrogen (secondary N) is 1. The van der Waals surface area contributed by atoms with Crippen molar-refractivity contribution in [3.63, 3.8) is 0 Å². The van der Waals surface area contributed by atoms with E-state index in [1.54, 1.807) is 36.6 Å². The van der Waals surface area contributed by atoms with Gasteiger partial charge in [-0.05, 0) is 25.5 Å². The molecular weight excluding hydrogens is 460 g/mol. The number of aromatic carboxylic acids is 1. The van der Waals surface area contributed by atoms with E-state index in [9.17, 15) is 14.7 Å². The number of anilines is 1. The molecule has 1 atom stereocenters. The van der Waals surface area contributed by atoms with Crippen molar-refractivity contribution < 1.29 is 24.0 Å². The summed E-state index contributed by atoms with van der Waals surface area (Å²) in [4.78, 5) is 27.7. The van der Waals surface area contributed by atoms with Crippen molar-refractivity contribution in [2.75, 3.05) is 5.32 Å². The van der Waals surface area contributed by atoms with Gasteiger partial charge in [-0.15, -0.1) is 0 Å². The van der Waals surface area contributed by atoms with Crippen molar-refractivity contribution in [2.24, 2.45) is 0 Å². The lowest BCUT2D eigenvalue weighted by atomic mass is 10.1. The number of carbonyl (C=O) groups excluding carboxylic acids is 1. The number of aryl methyl sites for hydroxylation is 1. The summed E-state index contributed by atoms with van der Waals surface area (Å²) in [6.07, 6.45) is 1.54. The van der Waals surface area contributed by atoms with Gasteiger partial charge in [0.1, 0.15) is 23.2 Å². The van der Waals surface area contributed by atoms with E-state index >= 15 is 0 Å². The number of imidazole rings is 1. The maximum Gasteiger partial charge on any atom is 0.412 e. The van der Waals surface area contributed by atoms with Crippen LogP contribution < -0.4 is 5.32 Å². The summed E-state index contributed by atoms with van der Waals surface area (Å²) in [5.74, 6) is -0.621. The van der Waals surface area contributed by atoms with Gasteiger partial charge < -0.3 is 18.9 Å². The second-order valence-corrected chi connectivity index (χ2v) is 7.97. The molecular formula is C24H21ClN4O5. The van der Waals surface area contributed by atoms with Crippen LogP contribution in [0.2, 0.25) is 5.02 Å². The maximum atomic E-state index is 12.6. The Balaban J connectivity index is 1.48. The molecule has 2 heterocycles. The van der Waals surface area contributed by atoms with Crippen LogP contribution in [-0.2, 0) is 11.3 Å². The van der Waals surface area contributed by atoms with E-state index in [2.05, 4.69) is 15.5 Å². The number of hydrogen-bond acceptors (Lipinski definition) is 6. The summed E-state index contributed by atoms with van der Waals surface area (Å²) in [5.41, 5.74) is 3.21. The first-order valence-electron chi connectivity index (χ1n) is 10.3. The topological polar surface area (TPSA) is 119 Å². The highest BCUT2D eigenvalue weighted by atomic mass is 35.5. The SMILES string of the molecule is Cc1onc(-c2ccc(Cn3cncc3C(=O)O)cc2)c1NC(=O)OC(C)c1ccccc1Cl. The molecule has 0 radical (unpaired) electrons. The Morgan fingerprint density at radius 1 is 1.21 bits per heavy atom. The number of amides is 1. The van der Waals surface area contributed by atoms with Crippen molar-refractivity contribution in [1.29, 1.82) is 0 Å². The molecule has 0 spiro atoms. The number of benzene rings is 2. The van der Waals surface area contributed by atoms with Gasteiger partial charge in [-0.25, -0.2) is 14.6 Å². The molecule has 0 aliphatic carbocycles. The second-order valence-electron chi connectivity index (χ2n) is 7.57. The third kappa shape index (κ3) is 4.94. The predicted molar refractivity (Wildman–Crippen MR) is 125 cm³/mol. The van der Waals surface area contributed by atoms with Crippen LogP contribution in [0.5, 0.6) is 0 Å². The average molecular weight is 481 g/mol. The minimum atomic E-state index is -1.04. The molecule has 0 bridgehead atoms. The maximum absolute atomic E-state index is 12.6. The number of ether oxygens (including phenoxy) is 1. The molecule has 0 aliphatic rings. The summed E-state index contributed by atoms with van der Waals surface area (Å²) in [6, 6.07) is 14.5. The van der Waals surface area contributed by atoms with Gasteiger partial charge in [0.2, 0.25) is 0 Å². The van der Waals surface area contributed by atoms with Crippen LogP contribution in [0.1, 0.15) is 40.4 Å². The van der Waals surface area contributed by atoms with Gasteiger partial charge in [0.05, 0.1) is 12.5 Å². The fourth-order valence-corrected chi connectivity index (χ4v) is 3.76. The van der Waals surface area contributed by atoms with Gasteiger partial charge in [0, 0.05) is 22.7 Å². The molecule has 0 fully saturated rings. The third-order valence-corrected chi connectivity index (χ3v) is 5.57. The lowest BCUT2D eigenvalue weighted by Crippen LogP contribution is -2.17. The fourth-order valence-electron chi connectivity index (χ4n) is 3.47. The van der Waals surface area contributed by atoms with Crippen LogP contribution in [0.25, 0.3) is 11.3 Å². The minimum absolute atomic E-state index is 0.104. The Labute approximate surface area is 199 Å². The molecule has 2 aromatic heterocycles. The first kappa shape index (κ1) is 23.1. The molecule has 174 valence electrons. The minimum Gasteiger partial charge on any atom is -0.477 e. The molecule has 0 saturated carbocycles. The van der Waals surface area contributed by atoms with E-state index in [1.807, 2.05) is 30.3 Å². The highest BCUT2D eigenvalue weighted by Crippen LogP contribution is 2.31. The fraction of sp³-hybridized carbons (Fsp3) is 0.167. The zero-order chi connectivity index (χ0) is 24.2. The number of aromatic nitrogens is 3. The van der Waals surface area contributed by atoms with E-state index < -0.39 is 18.2 Å². The van der Waals surface area contributed by atoms with Gasteiger partial charge >= 0.3 is 12.1 Å². The number of carboxylic acid groups (broad SMARTS) is 1. The Morgan fingerprint density at radius 2 is 1.94 bits per heavy atom. The molecule has 2 N–H and O–H groups in total. The standard InChI is InChI=1S/C24H21ClN4O5/c1-14(18-5-3-4-6-19(18)25)33-24(32)27-21-15(2)34-28-22(21)17-9-7-16(8-10-17)12-29-13-26-11-20(29)23(30)31/h3-11,13-14H,12H2,1-2H3,(H,27,32)(H,30,31). The van der Waals surface area contributed by atoms with E-state index in [4.69, 9.17) is 20.9 Å². The van der Waals surface area contributed by atoms with E-state index in [0.717, 1.165) is 5.56 Å². The van der Waals surface area contributed by atoms with Gasteiger partial charge in [-0.1, -0.05) is 59.2 Å². The zero-order valence-electron chi connectivity index (χ0n) is 18.4. The normalized spacial score (nSPS) is 11.7. The summed E-state index contributed by atoms with van der Waals surface area (Å²) in [7, 11) is 0. The number of rotatable bonds is 7. The second kappa shape index (κ2) is 9.80. The monoisotopic (exact) mass is 480 g/mol. The van der Waals surface area contributed by atoms with Gasteiger partial charge in [-0.3, -0.25) is 5.32 Å². The van der Waals surface area contributed by atoms with E-state index in [0.29, 0.717) is 39.8 Å². The summed E-state index contributed by atoms with van der Waals surface area (Å²) < 4.78 is 12.3. The quantitative estimate of drug-likeness (QED) is 0.355. The van der Waals surface area contributed by atoms with Gasteiger partial charge in [0.15, 0.2) is 5.76 Å². The molecule has 0 saturated heterocycles. The summed E-state index contributed by atoms with van der Waals surface area (Å²) >= 11 is 6.19. The summed E-state index contributed by atoms with van der Waals surface area (Å²) in [5, 5.41) is 16.5. The Bertz CT molecular complexity index is 1330. The van der Waals surface area contributed by atoms with Crippen LogP contribution in [0.15, 0.2) is 65.6 Å². The van der Waals surface area contributed by atoms with Gasteiger partial charge in [0.25, 0.3) is 0 Å². The average Bonchev–Trinajstić information content (AvgIpc) is 3.41. The van der Waals surface area contributed by atoms with Crippen LogP contribution in [0.4, 0.5) is 10.5 Å². The Morgan fingerprint density at radius 3 is 2.65 bits per heavy atom. The zero-order valence-corrected chi connectivity index (χ0v) is 19.1. The molecule has 1 amide bonds. The summed E-state index contributed by atoms with van der Waals surface area (Å²) in [6.45, 7) is 3.76. The largest absolute Gasteiger partial charge is 0.477 e.